The van der Waals surface area contributed by atoms with Crippen molar-refractivity contribution in [1.82, 2.24) is 10.3 Å². The normalized spacial score (nSPS) is 34.2. The first-order valence-corrected chi connectivity index (χ1v) is 8.73. The summed E-state index contributed by atoms with van der Waals surface area (Å²) in [6.45, 7) is 0. The zero-order chi connectivity index (χ0) is 15.1. The molecule has 0 radical (unpaired) electrons. The van der Waals surface area contributed by atoms with Crippen LogP contribution in [0.5, 0.6) is 0 Å². The first-order valence-electron chi connectivity index (χ1n) is 8.73. The number of carbonyl (C=O) groups excluding carboxylic acids is 1. The molecule has 1 aromatic rings. The van der Waals surface area contributed by atoms with Gasteiger partial charge in [0.2, 0.25) is 0 Å². The Morgan fingerprint density at radius 1 is 1.14 bits per heavy atom. The van der Waals surface area contributed by atoms with E-state index in [9.17, 15) is 4.79 Å². The van der Waals surface area contributed by atoms with Crippen LogP contribution in [-0.2, 0) is 0 Å². The lowest BCUT2D eigenvalue weighted by atomic mass is 9.67. The summed E-state index contributed by atoms with van der Waals surface area (Å²) in [5, 5.41) is 3.27. The maximum absolute atomic E-state index is 12.5. The highest BCUT2D eigenvalue weighted by Gasteiger charge is 2.40. The first kappa shape index (κ1) is 14.2. The largest absolute Gasteiger partial charge is 0.347 e. The second-order valence-electron chi connectivity index (χ2n) is 7.43. The van der Waals surface area contributed by atoms with Gasteiger partial charge in [-0.3, -0.25) is 9.78 Å². The second kappa shape index (κ2) is 5.65. The van der Waals surface area contributed by atoms with Crippen molar-refractivity contribution in [2.45, 2.75) is 62.9 Å². The van der Waals surface area contributed by atoms with Crippen LogP contribution in [0.15, 0.2) is 18.3 Å². The van der Waals surface area contributed by atoms with E-state index in [1.54, 1.807) is 0 Å². The molecule has 118 valence electrons. The average molecular weight is 299 g/mol. The van der Waals surface area contributed by atoms with Crippen LogP contribution in [0, 0.1) is 11.8 Å². The van der Waals surface area contributed by atoms with Gasteiger partial charge in [-0.1, -0.05) is 12.5 Å². The summed E-state index contributed by atoms with van der Waals surface area (Å²) in [5.74, 6) is 1.78. The molecule has 4 nitrogen and oxygen atoms in total. The molecule has 3 saturated carbocycles. The van der Waals surface area contributed by atoms with Crippen molar-refractivity contribution < 1.29 is 4.79 Å². The Labute approximate surface area is 131 Å². The van der Waals surface area contributed by atoms with E-state index in [1.165, 1.54) is 37.7 Å². The topological polar surface area (TPSA) is 68.0 Å². The minimum absolute atomic E-state index is 0.0141. The van der Waals surface area contributed by atoms with Gasteiger partial charge >= 0.3 is 0 Å². The van der Waals surface area contributed by atoms with Crippen LogP contribution < -0.4 is 11.1 Å². The van der Waals surface area contributed by atoms with E-state index in [1.807, 2.05) is 12.3 Å². The summed E-state index contributed by atoms with van der Waals surface area (Å²) in [5.41, 5.74) is 7.98. The molecule has 1 heterocycles. The second-order valence-corrected chi connectivity index (χ2v) is 7.43. The van der Waals surface area contributed by atoms with Gasteiger partial charge in [0.1, 0.15) is 5.69 Å². The number of nitrogens with one attached hydrogen (secondary N) is 1. The van der Waals surface area contributed by atoms with E-state index in [2.05, 4.69) is 16.4 Å². The molecule has 3 aliphatic carbocycles. The molecular weight excluding hydrogens is 274 g/mol. The lowest BCUT2D eigenvalue weighted by molar-refractivity contribution is 0.0751. The number of amides is 1. The SMILES string of the molecule is NC1CC2CCCC(C1)C2NC(=O)c1ccc(C2CC2)cn1. The summed E-state index contributed by atoms with van der Waals surface area (Å²) >= 11 is 0. The molecule has 22 heavy (non-hydrogen) atoms. The third-order valence-electron chi connectivity index (χ3n) is 5.74. The van der Waals surface area contributed by atoms with E-state index in [-0.39, 0.29) is 5.91 Å². The van der Waals surface area contributed by atoms with Crippen LogP contribution in [0.2, 0.25) is 0 Å². The smallest absolute Gasteiger partial charge is 0.270 e. The molecule has 0 aliphatic heterocycles. The highest BCUT2D eigenvalue weighted by Crippen LogP contribution is 2.40. The summed E-state index contributed by atoms with van der Waals surface area (Å²) in [6, 6.07) is 4.57. The summed E-state index contributed by atoms with van der Waals surface area (Å²) < 4.78 is 0. The Hall–Kier alpha value is -1.42. The number of hydrogen-bond acceptors (Lipinski definition) is 3. The molecule has 0 spiro atoms. The van der Waals surface area contributed by atoms with Crippen LogP contribution in [0.1, 0.15) is 66.9 Å². The molecule has 4 heteroatoms. The van der Waals surface area contributed by atoms with Crippen molar-refractivity contribution in [3.63, 3.8) is 0 Å². The van der Waals surface area contributed by atoms with Gasteiger partial charge < -0.3 is 11.1 Å². The number of hydrogen-bond donors (Lipinski definition) is 2. The molecule has 2 atom stereocenters. The van der Waals surface area contributed by atoms with Crippen molar-refractivity contribution >= 4 is 5.91 Å². The van der Waals surface area contributed by atoms with Crippen molar-refractivity contribution in [2.75, 3.05) is 0 Å². The number of carbonyl (C=O) groups is 1. The molecule has 1 amide bonds. The van der Waals surface area contributed by atoms with Crippen molar-refractivity contribution in [1.29, 1.82) is 0 Å². The summed E-state index contributed by atoms with van der Waals surface area (Å²) in [7, 11) is 0. The van der Waals surface area contributed by atoms with Crippen LogP contribution in [0.25, 0.3) is 0 Å². The summed E-state index contributed by atoms with van der Waals surface area (Å²) in [6.07, 6.45) is 10.2. The monoisotopic (exact) mass is 299 g/mol. The predicted octanol–water partition coefficient (Wildman–Crippen LogP) is 2.59. The lowest BCUT2D eigenvalue weighted by Crippen LogP contribution is -2.53. The fraction of sp³-hybridized carbons (Fsp3) is 0.667. The third-order valence-corrected chi connectivity index (χ3v) is 5.74. The number of fused-ring (bicyclic) bond motifs is 2. The quantitative estimate of drug-likeness (QED) is 0.901. The van der Waals surface area contributed by atoms with Gasteiger partial charge in [-0.15, -0.1) is 0 Å². The number of nitrogens with zero attached hydrogens (tertiary/aromatic N) is 1. The van der Waals surface area contributed by atoms with E-state index in [0.29, 0.717) is 35.5 Å². The number of rotatable bonds is 3. The summed E-state index contributed by atoms with van der Waals surface area (Å²) in [4.78, 5) is 16.9. The zero-order valence-corrected chi connectivity index (χ0v) is 13.0. The minimum atomic E-state index is -0.0141. The van der Waals surface area contributed by atoms with Gasteiger partial charge in [-0.25, -0.2) is 0 Å². The fourth-order valence-electron chi connectivity index (χ4n) is 4.45. The maximum Gasteiger partial charge on any atom is 0.270 e. The molecule has 4 rings (SSSR count). The van der Waals surface area contributed by atoms with Crippen LogP contribution in [-0.4, -0.2) is 23.0 Å². The molecule has 3 N–H and O–H groups in total. The zero-order valence-electron chi connectivity index (χ0n) is 13.0. The molecule has 2 bridgehead atoms. The van der Waals surface area contributed by atoms with E-state index in [0.717, 1.165) is 12.8 Å². The molecule has 3 aliphatic rings. The molecule has 0 aromatic carbocycles. The van der Waals surface area contributed by atoms with Crippen molar-refractivity contribution in [2.24, 2.45) is 17.6 Å². The fourth-order valence-corrected chi connectivity index (χ4v) is 4.45. The Morgan fingerprint density at radius 3 is 2.45 bits per heavy atom. The van der Waals surface area contributed by atoms with Gasteiger partial charge in [0.15, 0.2) is 0 Å². The van der Waals surface area contributed by atoms with Crippen LogP contribution in [0.3, 0.4) is 0 Å². The Kier molecular flexibility index (Phi) is 3.65. The standard InChI is InChI=1S/C18H25N3O/c19-15-8-12-2-1-3-13(9-15)17(12)21-18(22)16-7-6-14(10-20-16)11-4-5-11/h6-7,10-13,15,17H,1-5,8-9,19H2,(H,21,22). The van der Waals surface area contributed by atoms with Crippen molar-refractivity contribution in [3.8, 4) is 0 Å². The molecular formula is C18H25N3O. The Morgan fingerprint density at radius 2 is 1.86 bits per heavy atom. The number of pyridine rings is 1. The van der Waals surface area contributed by atoms with Crippen molar-refractivity contribution in [3.05, 3.63) is 29.6 Å². The van der Waals surface area contributed by atoms with Gasteiger partial charge in [0.25, 0.3) is 5.91 Å². The van der Waals surface area contributed by atoms with E-state index >= 15 is 0 Å². The number of nitrogens with two attached hydrogens (primary N) is 1. The Balaban J connectivity index is 1.44. The number of aromatic nitrogens is 1. The van der Waals surface area contributed by atoms with Gasteiger partial charge in [0, 0.05) is 18.3 Å². The van der Waals surface area contributed by atoms with Crippen LogP contribution in [0.4, 0.5) is 0 Å². The minimum Gasteiger partial charge on any atom is -0.347 e. The highest BCUT2D eigenvalue weighted by atomic mass is 16.1. The predicted molar refractivity (Wildman–Crippen MR) is 85.5 cm³/mol. The first-order chi connectivity index (χ1) is 10.7. The third kappa shape index (κ3) is 2.76. The molecule has 3 fully saturated rings. The van der Waals surface area contributed by atoms with E-state index < -0.39 is 0 Å². The Bertz CT molecular complexity index is 538. The van der Waals surface area contributed by atoms with E-state index in [4.69, 9.17) is 5.73 Å². The van der Waals surface area contributed by atoms with Gasteiger partial charge in [-0.05, 0) is 67.9 Å². The van der Waals surface area contributed by atoms with Gasteiger partial charge in [-0.2, -0.15) is 0 Å². The maximum atomic E-state index is 12.5. The average Bonchev–Trinajstić information content (AvgIpc) is 3.33. The highest BCUT2D eigenvalue weighted by molar-refractivity contribution is 5.92. The molecule has 0 saturated heterocycles. The molecule has 1 aromatic heterocycles. The molecule has 2 unspecified atom stereocenters. The van der Waals surface area contributed by atoms with Crippen LogP contribution >= 0.6 is 0 Å². The lowest BCUT2D eigenvalue weighted by Gasteiger charge is -2.45. The van der Waals surface area contributed by atoms with Gasteiger partial charge in [0.05, 0.1) is 0 Å².